The van der Waals surface area contributed by atoms with Crippen LogP contribution in [0.25, 0.3) is 6.08 Å². The second-order valence-corrected chi connectivity index (χ2v) is 9.82. The number of carbonyl (C=O) groups excluding carboxylic acids is 1. The Balaban J connectivity index is 1.26. The zero-order valence-corrected chi connectivity index (χ0v) is 19.9. The zero-order chi connectivity index (χ0) is 25.9. The predicted octanol–water partition coefficient (Wildman–Crippen LogP) is 2.82. The molecule has 0 aromatic heterocycles. The molecule has 9 heteroatoms. The maximum absolute atomic E-state index is 13.3. The third-order valence-electron chi connectivity index (χ3n) is 7.36. The van der Waals surface area contributed by atoms with Gasteiger partial charge in [0.05, 0.1) is 17.3 Å². The van der Waals surface area contributed by atoms with E-state index in [-0.39, 0.29) is 49.8 Å². The van der Waals surface area contributed by atoms with Gasteiger partial charge in [0.25, 0.3) is 0 Å². The molecule has 6 nitrogen and oxygen atoms in total. The lowest BCUT2D eigenvalue weighted by molar-refractivity contribution is -0.141. The van der Waals surface area contributed by atoms with Crippen LogP contribution in [0.2, 0.25) is 0 Å². The maximum atomic E-state index is 13.3. The normalized spacial score (nSPS) is 21.0. The van der Waals surface area contributed by atoms with Crippen molar-refractivity contribution in [2.45, 2.75) is 43.0 Å². The number of aliphatic hydroxyl groups excluding tert-OH is 1. The van der Waals surface area contributed by atoms with E-state index in [0.29, 0.717) is 31.5 Å². The molecular formula is C27H31F3N2O4. The number of halogens is 3. The molecule has 2 fully saturated rings. The molecule has 2 aliphatic heterocycles. The van der Waals surface area contributed by atoms with Gasteiger partial charge in [-0.3, -0.25) is 4.79 Å². The lowest BCUT2D eigenvalue weighted by Gasteiger charge is -2.44. The van der Waals surface area contributed by atoms with E-state index in [4.69, 9.17) is 0 Å². The van der Waals surface area contributed by atoms with Crippen LogP contribution in [-0.4, -0.2) is 75.5 Å². The van der Waals surface area contributed by atoms with Gasteiger partial charge in [-0.05, 0) is 67.2 Å². The molecule has 194 valence electrons. The Morgan fingerprint density at radius 3 is 2.06 bits per heavy atom. The van der Waals surface area contributed by atoms with E-state index in [1.165, 1.54) is 29.2 Å². The Bertz CT molecular complexity index is 1070. The molecule has 2 aromatic carbocycles. The minimum Gasteiger partial charge on any atom is -0.389 e. The van der Waals surface area contributed by atoms with Gasteiger partial charge < -0.3 is 25.1 Å². The molecule has 2 aliphatic rings. The van der Waals surface area contributed by atoms with E-state index in [1.54, 1.807) is 12.1 Å². The zero-order valence-electron chi connectivity index (χ0n) is 19.9. The first-order valence-corrected chi connectivity index (χ1v) is 12.1. The Hall–Kier alpha value is -2.72. The summed E-state index contributed by atoms with van der Waals surface area (Å²) in [5.41, 5.74) is -1.51. The molecule has 1 atom stereocenters. The van der Waals surface area contributed by atoms with Gasteiger partial charge in [0.2, 0.25) is 5.91 Å². The quantitative estimate of drug-likeness (QED) is 0.527. The largest absolute Gasteiger partial charge is 0.389 e. The summed E-state index contributed by atoms with van der Waals surface area (Å²) in [5, 5.41) is 32.8. The SMILES string of the molecule is O=C(C=Cc1cc(F)cc(F)c1)N1CCC(O)(C(O)CN2CCC(O)(c3ccc(F)cc3)CC2)CC1. The van der Waals surface area contributed by atoms with Crippen molar-refractivity contribution in [2.75, 3.05) is 32.7 Å². The van der Waals surface area contributed by atoms with E-state index >= 15 is 0 Å². The summed E-state index contributed by atoms with van der Waals surface area (Å²) in [6.45, 7) is 1.72. The van der Waals surface area contributed by atoms with Gasteiger partial charge in [0.15, 0.2) is 0 Å². The highest BCUT2D eigenvalue weighted by atomic mass is 19.1. The summed E-state index contributed by atoms with van der Waals surface area (Å²) in [6, 6.07) is 8.83. The Morgan fingerprint density at radius 2 is 1.47 bits per heavy atom. The summed E-state index contributed by atoms with van der Waals surface area (Å²) < 4.78 is 39.8. The van der Waals surface area contributed by atoms with E-state index < -0.39 is 28.9 Å². The fourth-order valence-corrected chi connectivity index (χ4v) is 4.96. The van der Waals surface area contributed by atoms with Gasteiger partial charge in [-0.15, -0.1) is 0 Å². The summed E-state index contributed by atoms with van der Waals surface area (Å²) in [7, 11) is 0. The number of carbonyl (C=O) groups is 1. The van der Waals surface area contributed by atoms with E-state index in [9.17, 15) is 33.3 Å². The third kappa shape index (κ3) is 6.15. The first-order chi connectivity index (χ1) is 17.1. The van der Waals surface area contributed by atoms with Crippen molar-refractivity contribution in [1.82, 2.24) is 9.80 Å². The average molecular weight is 505 g/mol. The van der Waals surface area contributed by atoms with Crippen molar-refractivity contribution in [3.05, 3.63) is 77.1 Å². The minimum absolute atomic E-state index is 0.190. The highest BCUT2D eigenvalue weighted by Gasteiger charge is 2.42. The molecule has 1 unspecified atom stereocenters. The number of amides is 1. The highest BCUT2D eigenvalue weighted by Crippen LogP contribution is 2.34. The molecule has 0 saturated carbocycles. The van der Waals surface area contributed by atoms with Crippen molar-refractivity contribution in [3.8, 4) is 0 Å². The molecule has 2 saturated heterocycles. The van der Waals surface area contributed by atoms with Gasteiger partial charge in [-0.25, -0.2) is 13.2 Å². The first kappa shape index (κ1) is 26.3. The van der Waals surface area contributed by atoms with Crippen LogP contribution < -0.4 is 0 Å². The molecule has 1 amide bonds. The summed E-state index contributed by atoms with van der Waals surface area (Å²) in [4.78, 5) is 16.0. The molecule has 0 spiro atoms. The molecule has 0 radical (unpaired) electrons. The predicted molar refractivity (Wildman–Crippen MR) is 128 cm³/mol. The standard InChI is InChI=1S/C27H31F3N2O4/c28-21-4-2-20(3-5-21)26(35)7-11-31(12-8-26)18-24(33)27(36)9-13-32(14-10-27)25(34)6-1-19-15-22(29)17-23(30)16-19/h1-6,15-17,24,33,35-36H,7-14,18H2. The van der Waals surface area contributed by atoms with Crippen LogP contribution in [0.3, 0.4) is 0 Å². The van der Waals surface area contributed by atoms with Crippen molar-refractivity contribution >= 4 is 12.0 Å². The Kier molecular flexibility index (Phi) is 7.85. The van der Waals surface area contributed by atoms with Gasteiger partial charge in [-0.2, -0.15) is 0 Å². The number of β-amino-alcohol motifs (C(OH)–C–C–N with tert-alkyl or cyclic N) is 1. The van der Waals surface area contributed by atoms with Gasteiger partial charge >= 0.3 is 0 Å². The molecule has 4 rings (SSSR count). The number of rotatable bonds is 6. The number of hydrogen-bond donors (Lipinski definition) is 3. The van der Waals surface area contributed by atoms with Crippen molar-refractivity contribution in [2.24, 2.45) is 0 Å². The molecule has 0 bridgehead atoms. The van der Waals surface area contributed by atoms with E-state index in [1.807, 2.05) is 4.90 Å². The van der Waals surface area contributed by atoms with Crippen molar-refractivity contribution in [1.29, 1.82) is 0 Å². The number of aliphatic hydroxyl groups is 3. The molecule has 3 N–H and O–H groups in total. The highest BCUT2D eigenvalue weighted by molar-refractivity contribution is 5.91. The second kappa shape index (κ2) is 10.7. The Labute approximate surface area is 208 Å². The second-order valence-electron chi connectivity index (χ2n) is 9.82. The summed E-state index contributed by atoms with van der Waals surface area (Å²) >= 11 is 0. The molecule has 0 aliphatic carbocycles. The molecular weight excluding hydrogens is 473 g/mol. The third-order valence-corrected chi connectivity index (χ3v) is 7.36. The van der Waals surface area contributed by atoms with E-state index in [0.717, 1.165) is 18.2 Å². The van der Waals surface area contributed by atoms with Gasteiger partial charge in [0, 0.05) is 44.9 Å². The minimum atomic E-state index is -1.35. The fraction of sp³-hybridized carbons (Fsp3) is 0.444. The lowest BCUT2D eigenvalue weighted by Crippen LogP contribution is -2.56. The molecule has 2 heterocycles. The number of piperidine rings is 2. The van der Waals surface area contributed by atoms with Crippen LogP contribution >= 0.6 is 0 Å². The number of likely N-dealkylation sites (tertiary alicyclic amines) is 2. The monoisotopic (exact) mass is 504 g/mol. The Morgan fingerprint density at radius 1 is 0.889 bits per heavy atom. The number of nitrogens with zero attached hydrogens (tertiary/aromatic N) is 2. The maximum Gasteiger partial charge on any atom is 0.246 e. The van der Waals surface area contributed by atoms with Crippen LogP contribution in [0.4, 0.5) is 13.2 Å². The van der Waals surface area contributed by atoms with Crippen LogP contribution in [0.5, 0.6) is 0 Å². The molecule has 36 heavy (non-hydrogen) atoms. The van der Waals surface area contributed by atoms with Crippen LogP contribution in [0.15, 0.2) is 48.5 Å². The average Bonchev–Trinajstić information content (AvgIpc) is 2.84. The molecule has 2 aromatic rings. The topological polar surface area (TPSA) is 84.2 Å². The lowest BCUT2D eigenvalue weighted by atomic mass is 9.83. The fourth-order valence-electron chi connectivity index (χ4n) is 4.96. The first-order valence-electron chi connectivity index (χ1n) is 12.1. The summed E-state index contributed by atoms with van der Waals surface area (Å²) in [6.07, 6.45) is 2.78. The number of benzene rings is 2. The van der Waals surface area contributed by atoms with E-state index in [2.05, 4.69) is 0 Å². The smallest absolute Gasteiger partial charge is 0.246 e. The number of hydrogen-bond acceptors (Lipinski definition) is 5. The van der Waals surface area contributed by atoms with Crippen molar-refractivity contribution in [3.63, 3.8) is 0 Å². The van der Waals surface area contributed by atoms with Crippen molar-refractivity contribution < 1.29 is 33.3 Å². The van der Waals surface area contributed by atoms with Crippen LogP contribution in [-0.2, 0) is 10.4 Å². The van der Waals surface area contributed by atoms with Gasteiger partial charge in [-0.1, -0.05) is 12.1 Å². The summed E-state index contributed by atoms with van der Waals surface area (Å²) in [5.74, 6) is -2.16. The van der Waals surface area contributed by atoms with Gasteiger partial charge in [0.1, 0.15) is 17.5 Å². The van der Waals surface area contributed by atoms with Crippen LogP contribution in [0.1, 0.15) is 36.8 Å². The van der Waals surface area contributed by atoms with Crippen LogP contribution in [0, 0.1) is 17.5 Å².